The molecular weight excluding hydrogens is 227 g/mol. The van der Waals surface area contributed by atoms with Crippen molar-refractivity contribution in [2.75, 3.05) is 0 Å². The largest absolute Gasteiger partial charge is 0.326 e. The molecule has 4 N–H and O–H groups in total. The number of nitrogens with two attached hydrogens (primary N) is 2. The molecule has 0 aromatic heterocycles. The summed E-state index contributed by atoms with van der Waals surface area (Å²) in [6, 6.07) is 14.4. The van der Waals surface area contributed by atoms with E-state index in [0.717, 1.165) is 5.56 Å². The third kappa shape index (κ3) is 4.65. The summed E-state index contributed by atoms with van der Waals surface area (Å²) in [6.45, 7) is 3.12. The SMILES string of the molecule is Cc1ccccc1CN.NCc1cccc(F)c1. The molecule has 3 heteroatoms. The van der Waals surface area contributed by atoms with Gasteiger partial charge in [-0.3, -0.25) is 0 Å². The van der Waals surface area contributed by atoms with Gasteiger partial charge in [0.2, 0.25) is 0 Å². The minimum atomic E-state index is -0.224. The maximum Gasteiger partial charge on any atom is 0.123 e. The van der Waals surface area contributed by atoms with Crippen LogP contribution in [-0.4, -0.2) is 0 Å². The standard InChI is InChI=1S/C8H11N.C7H8FN/c1-7-4-2-3-5-8(7)6-9;8-7-3-1-2-6(4-7)5-9/h2-5H,6,9H2,1H3;1-4H,5,9H2. The Kier molecular flexibility index (Phi) is 6.05. The van der Waals surface area contributed by atoms with Crippen LogP contribution in [0, 0.1) is 12.7 Å². The van der Waals surface area contributed by atoms with Crippen LogP contribution in [-0.2, 0) is 13.1 Å². The first-order valence-electron chi connectivity index (χ1n) is 5.86. The van der Waals surface area contributed by atoms with Crippen molar-refractivity contribution >= 4 is 0 Å². The minimum Gasteiger partial charge on any atom is -0.326 e. The Morgan fingerprint density at radius 1 is 0.944 bits per heavy atom. The van der Waals surface area contributed by atoms with Crippen LogP contribution < -0.4 is 11.5 Å². The lowest BCUT2D eigenvalue weighted by Gasteiger charge is -1.98. The lowest BCUT2D eigenvalue weighted by atomic mass is 10.1. The van der Waals surface area contributed by atoms with Crippen molar-refractivity contribution in [3.05, 3.63) is 71.0 Å². The molecule has 0 fully saturated rings. The lowest BCUT2D eigenvalue weighted by Crippen LogP contribution is -1.97. The topological polar surface area (TPSA) is 52.0 Å². The summed E-state index contributed by atoms with van der Waals surface area (Å²) in [5, 5.41) is 0. The van der Waals surface area contributed by atoms with Gasteiger partial charge in [0.1, 0.15) is 5.82 Å². The van der Waals surface area contributed by atoms with Crippen molar-refractivity contribution in [2.45, 2.75) is 20.0 Å². The van der Waals surface area contributed by atoms with Crippen molar-refractivity contribution in [1.29, 1.82) is 0 Å². The fourth-order valence-electron chi connectivity index (χ4n) is 1.50. The van der Waals surface area contributed by atoms with E-state index in [1.54, 1.807) is 12.1 Å². The molecule has 0 aliphatic rings. The predicted molar refractivity (Wildman–Crippen MR) is 73.4 cm³/mol. The minimum absolute atomic E-state index is 0.224. The van der Waals surface area contributed by atoms with Crippen molar-refractivity contribution in [3.8, 4) is 0 Å². The van der Waals surface area contributed by atoms with Crippen LogP contribution in [0.4, 0.5) is 4.39 Å². The van der Waals surface area contributed by atoms with Gasteiger partial charge in [0, 0.05) is 13.1 Å². The molecule has 0 amide bonds. The number of hydrogen-bond donors (Lipinski definition) is 2. The van der Waals surface area contributed by atoms with Crippen molar-refractivity contribution in [2.24, 2.45) is 11.5 Å². The van der Waals surface area contributed by atoms with Crippen LogP contribution >= 0.6 is 0 Å². The third-order valence-electron chi connectivity index (χ3n) is 2.61. The monoisotopic (exact) mass is 246 g/mol. The van der Waals surface area contributed by atoms with Crippen molar-refractivity contribution in [1.82, 2.24) is 0 Å². The zero-order valence-electron chi connectivity index (χ0n) is 10.6. The molecule has 0 bridgehead atoms. The Labute approximate surface area is 107 Å². The summed E-state index contributed by atoms with van der Waals surface area (Å²) in [5.74, 6) is -0.224. The first-order chi connectivity index (χ1) is 8.67. The van der Waals surface area contributed by atoms with Crippen LogP contribution in [0.5, 0.6) is 0 Å². The van der Waals surface area contributed by atoms with Gasteiger partial charge < -0.3 is 11.5 Å². The van der Waals surface area contributed by atoms with Gasteiger partial charge >= 0.3 is 0 Å². The second kappa shape index (κ2) is 7.58. The molecular formula is C15H19FN2. The number of halogens is 1. The average molecular weight is 246 g/mol. The molecule has 96 valence electrons. The molecule has 2 rings (SSSR count). The normalized spacial score (nSPS) is 9.56. The summed E-state index contributed by atoms with van der Waals surface area (Å²) in [6.07, 6.45) is 0. The van der Waals surface area contributed by atoms with E-state index in [-0.39, 0.29) is 5.82 Å². The van der Waals surface area contributed by atoms with Crippen molar-refractivity contribution in [3.63, 3.8) is 0 Å². The first kappa shape index (κ1) is 14.4. The Hall–Kier alpha value is -1.71. The van der Waals surface area contributed by atoms with Crippen LogP contribution in [0.3, 0.4) is 0 Å². The van der Waals surface area contributed by atoms with E-state index in [0.29, 0.717) is 13.1 Å². The number of hydrogen-bond acceptors (Lipinski definition) is 2. The first-order valence-corrected chi connectivity index (χ1v) is 5.86. The Morgan fingerprint density at radius 3 is 2.11 bits per heavy atom. The number of rotatable bonds is 2. The highest BCUT2D eigenvalue weighted by atomic mass is 19.1. The molecule has 0 atom stereocenters. The molecule has 2 aromatic rings. The summed E-state index contributed by atoms with van der Waals surface area (Å²) < 4.78 is 12.3. The fourth-order valence-corrected chi connectivity index (χ4v) is 1.50. The number of aryl methyl sites for hydroxylation is 1. The van der Waals surface area contributed by atoms with Gasteiger partial charge in [-0.05, 0) is 35.7 Å². The highest BCUT2D eigenvalue weighted by molar-refractivity contribution is 5.24. The smallest absolute Gasteiger partial charge is 0.123 e. The van der Waals surface area contributed by atoms with Crippen LogP contribution in [0.15, 0.2) is 48.5 Å². The van der Waals surface area contributed by atoms with Crippen molar-refractivity contribution < 1.29 is 4.39 Å². The molecule has 0 heterocycles. The highest BCUT2D eigenvalue weighted by Gasteiger charge is 1.90. The molecule has 0 aliphatic carbocycles. The Bertz CT molecular complexity index is 483. The zero-order valence-corrected chi connectivity index (χ0v) is 10.6. The molecule has 2 aromatic carbocycles. The molecule has 0 aliphatic heterocycles. The molecule has 0 saturated carbocycles. The summed E-state index contributed by atoms with van der Waals surface area (Å²) in [7, 11) is 0. The second-order valence-corrected chi connectivity index (χ2v) is 3.96. The van der Waals surface area contributed by atoms with E-state index < -0.39 is 0 Å². The third-order valence-corrected chi connectivity index (χ3v) is 2.61. The van der Waals surface area contributed by atoms with Gasteiger partial charge in [-0.2, -0.15) is 0 Å². The maximum absolute atomic E-state index is 12.3. The van der Waals surface area contributed by atoms with E-state index in [2.05, 4.69) is 19.1 Å². The van der Waals surface area contributed by atoms with E-state index in [9.17, 15) is 4.39 Å². The van der Waals surface area contributed by atoms with Gasteiger partial charge in [0.15, 0.2) is 0 Å². The second-order valence-electron chi connectivity index (χ2n) is 3.96. The molecule has 18 heavy (non-hydrogen) atoms. The Balaban J connectivity index is 0.000000180. The summed E-state index contributed by atoms with van der Waals surface area (Å²) in [5.41, 5.74) is 14.0. The summed E-state index contributed by atoms with van der Waals surface area (Å²) in [4.78, 5) is 0. The summed E-state index contributed by atoms with van der Waals surface area (Å²) >= 11 is 0. The molecule has 2 nitrogen and oxygen atoms in total. The van der Waals surface area contributed by atoms with E-state index in [1.165, 1.54) is 23.3 Å². The van der Waals surface area contributed by atoms with Gasteiger partial charge in [0.25, 0.3) is 0 Å². The molecule has 0 radical (unpaired) electrons. The van der Waals surface area contributed by atoms with Crippen LogP contribution in [0.2, 0.25) is 0 Å². The van der Waals surface area contributed by atoms with E-state index >= 15 is 0 Å². The van der Waals surface area contributed by atoms with Gasteiger partial charge in [-0.25, -0.2) is 4.39 Å². The molecule has 0 spiro atoms. The average Bonchev–Trinajstić information content (AvgIpc) is 2.40. The van der Waals surface area contributed by atoms with Gasteiger partial charge in [-0.1, -0.05) is 36.4 Å². The highest BCUT2D eigenvalue weighted by Crippen LogP contribution is 2.04. The quantitative estimate of drug-likeness (QED) is 0.856. The van der Waals surface area contributed by atoms with E-state index in [4.69, 9.17) is 11.5 Å². The van der Waals surface area contributed by atoms with Gasteiger partial charge in [-0.15, -0.1) is 0 Å². The Morgan fingerprint density at radius 2 is 1.67 bits per heavy atom. The van der Waals surface area contributed by atoms with Gasteiger partial charge in [0.05, 0.1) is 0 Å². The maximum atomic E-state index is 12.3. The predicted octanol–water partition coefficient (Wildman–Crippen LogP) is 2.74. The number of benzene rings is 2. The zero-order chi connectivity index (χ0) is 13.4. The lowest BCUT2D eigenvalue weighted by molar-refractivity contribution is 0.625. The fraction of sp³-hybridized carbons (Fsp3) is 0.200. The van der Waals surface area contributed by atoms with Crippen LogP contribution in [0.25, 0.3) is 0 Å². The van der Waals surface area contributed by atoms with Crippen LogP contribution in [0.1, 0.15) is 16.7 Å². The molecule has 0 saturated heterocycles. The van der Waals surface area contributed by atoms with E-state index in [1.807, 2.05) is 12.1 Å². The molecule has 0 unspecified atom stereocenters.